The summed E-state index contributed by atoms with van der Waals surface area (Å²) in [4.78, 5) is 1.31. The van der Waals surface area contributed by atoms with Crippen molar-refractivity contribution in [2.24, 2.45) is 5.92 Å². The summed E-state index contributed by atoms with van der Waals surface area (Å²) < 4.78 is 6.85. The van der Waals surface area contributed by atoms with Gasteiger partial charge in [-0.05, 0) is 55.0 Å². The summed E-state index contributed by atoms with van der Waals surface area (Å²) in [5.41, 5.74) is 2.58. The molecule has 1 heterocycles. The summed E-state index contributed by atoms with van der Waals surface area (Å²) in [5, 5.41) is 1.26. The van der Waals surface area contributed by atoms with Gasteiger partial charge in [0.05, 0.1) is 6.61 Å². The van der Waals surface area contributed by atoms with E-state index in [1.165, 1.54) is 45.4 Å². The van der Waals surface area contributed by atoms with E-state index in [1.807, 2.05) is 24.3 Å². The van der Waals surface area contributed by atoms with E-state index in [1.54, 1.807) is 0 Å². The normalized spacial score (nSPS) is 13.5. The molecule has 1 aliphatic carbocycles. The molecule has 1 aliphatic rings. The molecule has 0 aliphatic heterocycles. The van der Waals surface area contributed by atoms with Crippen LogP contribution in [0.2, 0.25) is 0 Å². The zero-order valence-electron chi connectivity index (χ0n) is 14.8. The molecule has 0 amide bonds. The maximum atomic E-state index is 5.55. The first kappa shape index (κ1) is 17.0. The minimum absolute atomic E-state index is 0.709. The van der Waals surface area contributed by atoms with Crippen LogP contribution in [0.3, 0.4) is 0 Å². The van der Waals surface area contributed by atoms with Gasteiger partial charge in [0.2, 0.25) is 0 Å². The molecule has 4 rings (SSSR count). The summed E-state index contributed by atoms with van der Waals surface area (Å²) in [6, 6.07) is 17.2. The second kappa shape index (κ2) is 7.85. The van der Waals surface area contributed by atoms with Crippen LogP contribution in [0, 0.1) is 12.8 Å². The summed E-state index contributed by atoms with van der Waals surface area (Å²) in [7, 11) is 0. The van der Waals surface area contributed by atoms with Crippen molar-refractivity contribution in [3.05, 3.63) is 54.1 Å². The molecule has 1 aromatic heterocycles. The van der Waals surface area contributed by atoms with Crippen LogP contribution in [-0.4, -0.2) is 6.61 Å². The number of benzene rings is 2. The average molecular weight is 339 g/mol. The van der Waals surface area contributed by atoms with Gasteiger partial charge in [0, 0.05) is 9.58 Å². The number of aryl methyl sites for hydroxylation is 1. The number of hydrogen-bond acceptors (Lipinski definition) is 2. The second-order valence-electron chi connectivity index (χ2n) is 6.46. The lowest BCUT2D eigenvalue weighted by Crippen LogP contribution is -1.89. The molecule has 24 heavy (non-hydrogen) atoms. The van der Waals surface area contributed by atoms with Crippen molar-refractivity contribution in [2.45, 2.75) is 40.0 Å². The van der Waals surface area contributed by atoms with Gasteiger partial charge in [-0.1, -0.05) is 56.0 Å². The van der Waals surface area contributed by atoms with Gasteiger partial charge < -0.3 is 4.74 Å². The standard InChI is InChI=1S/C17H16OS.C5H10/c1-3-18-15-8-9-16-14(10-15)11-17(19-16)13-6-4-12(2)5-7-13;1-2-5-3-4-5/h4-11H,3H2,1-2H3;5H,2-4H2,1H3. The topological polar surface area (TPSA) is 9.23 Å². The Bertz CT molecular complexity index is 781. The molecule has 3 aromatic rings. The highest BCUT2D eigenvalue weighted by Crippen LogP contribution is 2.35. The first-order valence-corrected chi connectivity index (χ1v) is 9.74. The van der Waals surface area contributed by atoms with Crippen LogP contribution in [0.1, 0.15) is 38.7 Å². The number of thiophene rings is 1. The highest BCUT2D eigenvalue weighted by Gasteiger charge is 2.17. The lowest BCUT2D eigenvalue weighted by molar-refractivity contribution is 0.341. The molecule has 0 bridgehead atoms. The molecule has 1 nitrogen and oxygen atoms in total. The third-order valence-corrected chi connectivity index (χ3v) is 5.57. The first-order valence-electron chi connectivity index (χ1n) is 8.93. The number of fused-ring (bicyclic) bond motifs is 1. The number of rotatable bonds is 4. The lowest BCUT2D eigenvalue weighted by Gasteiger charge is -2.01. The van der Waals surface area contributed by atoms with Crippen molar-refractivity contribution in [3.8, 4) is 16.2 Å². The molecule has 1 fully saturated rings. The van der Waals surface area contributed by atoms with E-state index in [2.05, 4.69) is 56.3 Å². The minimum atomic E-state index is 0.709. The summed E-state index contributed by atoms with van der Waals surface area (Å²) in [6.45, 7) is 7.09. The largest absolute Gasteiger partial charge is 0.494 e. The van der Waals surface area contributed by atoms with Crippen molar-refractivity contribution in [1.82, 2.24) is 0 Å². The van der Waals surface area contributed by atoms with E-state index in [0.29, 0.717) is 6.61 Å². The molecule has 0 spiro atoms. The van der Waals surface area contributed by atoms with E-state index >= 15 is 0 Å². The van der Waals surface area contributed by atoms with Gasteiger partial charge in [-0.2, -0.15) is 0 Å². The molecule has 0 saturated heterocycles. The lowest BCUT2D eigenvalue weighted by atomic mass is 10.1. The molecule has 2 aromatic carbocycles. The smallest absolute Gasteiger partial charge is 0.119 e. The molecule has 126 valence electrons. The van der Waals surface area contributed by atoms with Crippen LogP contribution >= 0.6 is 11.3 Å². The SMILES string of the molecule is CCC1CC1.CCOc1ccc2sc(-c3ccc(C)cc3)cc2c1. The molecule has 0 atom stereocenters. The monoisotopic (exact) mass is 338 g/mol. The maximum Gasteiger partial charge on any atom is 0.119 e. The highest BCUT2D eigenvalue weighted by atomic mass is 32.1. The number of hydrogen-bond donors (Lipinski definition) is 0. The summed E-state index contributed by atoms with van der Waals surface area (Å²) in [5.74, 6) is 2.08. The Morgan fingerprint density at radius 2 is 1.75 bits per heavy atom. The van der Waals surface area contributed by atoms with Crippen molar-refractivity contribution in [2.75, 3.05) is 6.61 Å². The third-order valence-electron chi connectivity index (χ3n) is 4.41. The number of ether oxygens (including phenoxy) is 1. The molecule has 0 unspecified atom stereocenters. The van der Waals surface area contributed by atoms with Gasteiger partial charge in [0.15, 0.2) is 0 Å². The molecule has 0 N–H and O–H groups in total. The van der Waals surface area contributed by atoms with Crippen molar-refractivity contribution in [3.63, 3.8) is 0 Å². The van der Waals surface area contributed by atoms with Crippen molar-refractivity contribution in [1.29, 1.82) is 0 Å². The Labute approximate surface area is 149 Å². The van der Waals surface area contributed by atoms with Crippen LogP contribution in [0.25, 0.3) is 20.5 Å². The van der Waals surface area contributed by atoms with Crippen LogP contribution < -0.4 is 4.74 Å². The average Bonchev–Trinajstić information content (AvgIpc) is 3.35. The second-order valence-corrected chi connectivity index (χ2v) is 7.54. The zero-order valence-corrected chi connectivity index (χ0v) is 15.7. The fraction of sp³-hybridized carbons (Fsp3) is 0.364. The fourth-order valence-electron chi connectivity index (χ4n) is 2.66. The summed E-state index contributed by atoms with van der Waals surface area (Å²) >= 11 is 1.83. The minimum Gasteiger partial charge on any atom is -0.494 e. The van der Waals surface area contributed by atoms with Gasteiger partial charge in [0.1, 0.15) is 5.75 Å². The van der Waals surface area contributed by atoms with Crippen LogP contribution in [-0.2, 0) is 0 Å². The third kappa shape index (κ3) is 4.39. The predicted octanol–water partition coefficient (Wildman–Crippen LogP) is 7.08. The Kier molecular flexibility index (Phi) is 5.57. The molecule has 0 radical (unpaired) electrons. The van der Waals surface area contributed by atoms with Crippen LogP contribution in [0.4, 0.5) is 0 Å². The Morgan fingerprint density at radius 3 is 2.33 bits per heavy atom. The van der Waals surface area contributed by atoms with E-state index in [9.17, 15) is 0 Å². The highest BCUT2D eigenvalue weighted by molar-refractivity contribution is 7.22. The quantitative estimate of drug-likeness (QED) is 0.494. The molecule has 1 saturated carbocycles. The van der Waals surface area contributed by atoms with Gasteiger partial charge in [-0.15, -0.1) is 11.3 Å². The summed E-state index contributed by atoms with van der Waals surface area (Å²) in [6.07, 6.45) is 4.44. The van der Waals surface area contributed by atoms with Crippen molar-refractivity contribution < 1.29 is 4.74 Å². The van der Waals surface area contributed by atoms with E-state index < -0.39 is 0 Å². The van der Waals surface area contributed by atoms with E-state index in [-0.39, 0.29) is 0 Å². The fourth-order valence-corrected chi connectivity index (χ4v) is 3.71. The van der Waals surface area contributed by atoms with Crippen LogP contribution in [0.5, 0.6) is 5.75 Å². The Morgan fingerprint density at radius 1 is 1.00 bits per heavy atom. The van der Waals surface area contributed by atoms with Crippen molar-refractivity contribution >= 4 is 21.4 Å². The van der Waals surface area contributed by atoms with Crippen LogP contribution in [0.15, 0.2) is 48.5 Å². The Balaban J connectivity index is 0.000000290. The van der Waals surface area contributed by atoms with Gasteiger partial charge >= 0.3 is 0 Å². The maximum absolute atomic E-state index is 5.55. The van der Waals surface area contributed by atoms with Gasteiger partial charge in [-0.25, -0.2) is 0 Å². The molecular formula is C22H26OS. The predicted molar refractivity (Wildman–Crippen MR) is 106 cm³/mol. The van der Waals surface area contributed by atoms with Gasteiger partial charge in [-0.3, -0.25) is 0 Å². The molecular weight excluding hydrogens is 312 g/mol. The zero-order chi connectivity index (χ0) is 16.9. The first-order chi connectivity index (χ1) is 11.7. The van der Waals surface area contributed by atoms with E-state index in [4.69, 9.17) is 4.74 Å². The van der Waals surface area contributed by atoms with Gasteiger partial charge in [0.25, 0.3) is 0 Å². The van der Waals surface area contributed by atoms with E-state index in [0.717, 1.165) is 11.7 Å². The molecule has 2 heteroatoms. The Hall–Kier alpha value is -1.80.